The van der Waals surface area contributed by atoms with Gasteiger partial charge in [0.05, 0.1) is 6.04 Å². The van der Waals surface area contributed by atoms with Crippen LogP contribution in [0, 0.1) is 17.8 Å². The fourth-order valence-corrected chi connectivity index (χ4v) is 6.77. The second-order valence-corrected chi connectivity index (χ2v) is 12.9. The summed E-state index contributed by atoms with van der Waals surface area (Å²) in [6, 6.07) is 3.22. The van der Waals surface area contributed by atoms with Gasteiger partial charge < -0.3 is 20.0 Å². The van der Waals surface area contributed by atoms with Crippen LogP contribution in [0.5, 0.6) is 0 Å². The number of hydrazone groups is 1. The van der Waals surface area contributed by atoms with Crippen molar-refractivity contribution in [3.63, 3.8) is 0 Å². The maximum absolute atomic E-state index is 14.1. The number of halogens is 5. The zero-order valence-electron chi connectivity index (χ0n) is 24.3. The van der Waals surface area contributed by atoms with Crippen LogP contribution < -0.4 is 5.32 Å². The van der Waals surface area contributed by atoms with E-state index in [9.17, 15) is 18.0 Å². The minimum absolute atomic E-state index is 0.0200. The Hall–Kier alpha value is -2.50. The van der Waals surface area contributed by atoms with Gasteiger partial charge in [-0.05, 0) is 55.8 Å². The summed E-state index contributed by atoms with van der Waals surface area (Å²) in [5.74, 6) is 1.95. The summed E-state index contributed by atoms with van der Waals surface area (Å²) >= 11 is 12.5. The summed E-state index contributed by atoms with van der Waals surface area (Å²) in [4.78, 5) is 22.8. The molecule has 13 heteroatoms. The van der Waals surface area contributed by atoms with Crippen molar-refractivity contribution in [1.82, 2.24) is 25.0 Å². The van der Waals surface area contributed by atoms with Gasteiger partial charge in [-0.3, -0.25) is 4.79 Å². The molecule has 1 unspecified atom stereocenters. The SMILES string of the molecule is CC(C)C(=O)NCCN1CCC[C@H](C2CN(C3=CN(C)C4C(=N3)N([C@H](C)c3ccc(Cl)cc3Cl)N=C4C(F)(F)F)C2)C1. The normalized spacial score (nSPS) is 24.2. The Morgan fingerprint density at radius 2 is 1.88 bits per heavy atom. The number of hydrogen-bond donors (Lipinski definition) is 1. The molecule has 2 saturated heterocycles. The molecule has 0 saturated carbocycles. The fourth-order valence-electron chi connectivity index (χ4n) is 6.20. The van der Waals surface area contributed by atoms with E-state index >= 15 is 0 Å². The predicted molar refractivity (Wildman–Crippen MR) is 159 cm³/mol. The van der Waals surface area contributed by atoms with Crippen LogP contribution in [0.1, 0.15) is 45.2 Å². The van der Waals surface area contributed by atoms with Gasteiger partial charge in [-0.25, -0.2) is 10.0 Å². The van der Waals surface area contributed by atoms with E-state index in [0.717, 1.165) is 45.6 Å². The highest BCUT2D eigenvalue weighted by Gasteiger charge is 2.52. The number of likely N-dealkylation sites (tertiary alicyclic amines) is 2. The zero-order valence-corrected chi connectivity index (χ0v) is 25.8. The van der Waals surface area contributed by atoms with Gasteiger partial charge in [0.2, 0.25) is 5.91 Å². The van der Waals surface area contributed by atoms with Gasteiger partial charge in [-0.2, -0.15) is 18.3 Å². The summed E-state index contributed by atoms with van der Waals surface area (Å²) in [6.45, 7) is 10.6. The Morgan fingerprint density at radius 1 is 1.14 bits per heavy atom. The topological polar surface area (TPSA) is 66.8 Å². The molecule has 4 heterocycles. The maximum Gasteiger partial charge on any atom is 0.433 e. The van der Waals surface area contributed by atoms with Crippen LogP contribution in [-0.4, -0.2) is 95.7 Å². The van der Waals surface area contributed by atoms with Crippen LogP contribution in [0.2, 0.25) is 10.0 Å². The number of aliphatic imine (C=N–C) groups is 1. The van der Waals surface area contributed by atoms with Crippen molar-refractivity contribution in [3.05, 3.63) is 45.8 Å². The second kappa shape index (κ2) is 12.2. The highest BCUT2D eigenvalue weighted by atomic mass is 35.5. The summed E-state index contributed by atoms with van der Waals surface area (Å²) in [5, 5.41) is 9.20. The molecule has 2 fully saturated rings. The third-order valence-corrected chi connectivity index (χ3v) is 9.24. The molecule has 0 aromatic heterocycles. The number of amidine groups is 1. The molecular formula is C29H38Cl2F3N7O. The van der Waals surface area contributed by atoms with Crippen molar-refractivity contribution in [2.45, 2.75) is 51.9 Å². The largest absolute Gasteiger partial charge is 0.433 e. The number of alkyl halides is 3. The van der Waals surface area contributed by atoms with Crippen LogP contribution in [0.25, 0.3) is 0 Å². The molecule has 4 aliphatic heterocycles. The number of carbonyl (C=O) groups excluding carboxylic acids is 1. The molecule has 1 aromatic carbocycles. The second-order valence-electron chi connectivity index (χ2n) is 12.0. The number of hydrogen-bond acceptors (Lipinski definition) is 7. The molecule has 42 heavy (non-hydrogen) atoms. The number of nitrogens with zero attached hydrogens (tertiary/aromatic N) is 6. The minimum atomic E-state index is -4.62. The van der Waals surface area contributed by atoms with Gasteiger partial charge in [-0.1, -0.05) is 43.1 Å². The Kier molecular flexibility index (Phi) is 9.02. The van der Waals surface area contributed by atoms with Gasteiger partial charge in [0, 0.05) is 61.9 Å². The monoisotopic (exact) mass is 627 g/mol. The molecule has 8 nitrogen and oxygen atoms in total. The number of piperidine rings is 1. The van der Waals surface area contributed by atoms with Gasteiger partial charge in [-0.15, -0.1) is 0 Å². The van der Waals surface area contributed by atoms with Crippen molar-refractivity contribution in [2.24, 2.45) is 27.8 Å². The highest BCUT2D eigenvalue weighted by Crippen LogP contribution is 2.40. The first-order valence-electron chi connectivity index (χ1n) is 14.5. The molecule has 1 aromatic rings. The summed E-state index contributed by atoms with van der Waals surface area (Å²) in [7, 11) is 1.64. The van der Waals surface area contributed by atoms with Gasteiger partial charge in [0.25, 0.3) is 0 Å². The van der Waals surface area contributed by atoms with Gasteiger partial charge in [0.15, 0.2) is 11.5 Å². The molecule has 0 radical (unpaired) electrons. The van der Waals surface area contributed by atoms with E-state index in [2.05, 4.69) is 20.2 Å². The van der Waals surface area contributed by atoms with E-state index < -0.39 is 24.0 Å². The number of benzene rings is 1. The summed E-state index contributed by atoms with van der Waals surface area (Å²) in [5.41, 5.74) is -0.285. The van der Waals surface area contributed by atoms with Crippen LogP contribution in [0.4, 0.5) is 13.2 Å². The van der Waals surface area contributed by atoms with E-state index in [0.29, 0.717) is 39.8 Å². The molecular weight excluding hydrogens is 590 g/mol. The van der Waals surface area contributed by atoms with E-state index in [1.54, 1.807) is 43.3 Å². The van der Waals surface area contributed by atoms with Crippen LogP contribution in [-0.2, 0) is 4.79 Å². The Morgan fingerprint density at radius 3 is 2.55 bits per heavy atom. The summed E-state index contributed by atoms with van der Waals surface area (Å²) < 4.78 is 42.3. The van der Waals surface area contributed by atoms with E-state index in [-0.39, 0.29) is 17.7 Å². The lowest BCUT2D eigenvalue weighted by Gasteiger charge is -2.48. The molecule has 1 amide bonds. The number of fused-ring (bicyclic) bond motifs is 1. The molecule has 5 rings (SSSR count). The molecule has 0 spiro atoms. The molecule has 4 aliphatic rings. The minimum Gasteiger partial charge on any atom is -0.362 e. The predicted octanol–water partition coefficient (Wildman–Crippen LogP) is 5.22. The van der Waals surface area contributed by atoms with Gasteiger partial charge in [0.1, 0.15) is 11.9 Å². The Balaban J connectivity index is 1.26. The van der Waals surface area contributed by atoms with Crippen LogP contribution >= 0.6 is 23.2 Å². The average Bonchev–Trinajstić information content (AvgIpc) is 3.29. The lowest BCUT2D eigenvalue weighted by atomic mass is 9.80. The first-order chi connectivity index (χ1) is 19.8. The molecule has 3 atom stereocenters. The number of rotatable bonds is 8. The lowest BCUT2D eigenvalue weighted by molar-refractivity contribution is -0.124. The number of likely N-dealkylation sites (N-methyl/N-ethyl adjacent to an activating group) is 1. The first kappa shape index (κ1) is 30.9. The summed E-state index contributed by atoms with van der Waals surface area (Å²) in [6.07, 6.45) is -0.652. The van der Waals surface area contributed by atoms with Gasteiger partial charge >= 0.3 is 6.18 Å². The fraction of sp³-hybridized carbons (Fsp3) is 0.621. The molecule has 0 aliphatic carbocycles. The quantitative estimate of drug-likeness (QED) is 0.428. The average molecular weight is 629 g/mol. The number of nitrogens with one attached hydrogen (secondary N) is 1. The standard InChI is InChI=1S/C29H38Cl2F3N7O/c1-17(2)28(42)35-9-11-39-10-5-6-19(13-39)20-14-40(15-20)24-16-38(4)25-26(29(32,33)34)37-41(27(25)36-24)18(3)22-8-7-21(30)12-23(22)31/h7-8,12,16-20,25H,5-6,9-11,13-15H2,1-4H3,(H,35,42)/t18-,19+,25?/m1/s1. The Labute approximate surface area is 255 Å². The van der Waals surface area contributed by atoms with Crippen LogP contribution in [0.15, 0.2) is 40.3 Å². The maximum atomic E-state index is 14.1. The van der Waals surface area contributed by atoms with Crippen molar-refractivity contribution in [1.29, 1.82) is 0 Å². The van der Waals surface area contributed by atoms with Crippen molar-refractivity contribution in [3.8, 4) is 0 Å². The lowest BCUT2D eigenvalue weighted by Crippen LogP contribution is -2.55. The van der Waals surface area contributed by atoms with Crippen LogP contribution in [0.3, 0.4) is 0 Å². The third kappa shape index (κ3) is 6.38. The molecule has 0 bridgehead atoms. The highest BCUT2D eigenvalue weighted by molar-refractivity contribution is 6.35. The van der Waals surface area contributed by atoms with Crippen molar-refractivity contribution >= 4 is 40.7 Å². The van der Waals surface area contributed by atoms with Crippen molar-refractivity contribution in [2.75, 3.05) is 46.3 Å². The number of amides is 1. The zero-order chi connectivity index (χ0) is 30.3. The molecule has 1 N–H and O–H groups in total. The Bertz CT molecular complexity index is 1280. The molecule has 230 valence electrons. The first-order valence-corrected chi connectivity index (χ1v) is 15.3. The van der Waals surface area contributed by atoms with E-state index in [1.165, 1.54) is 5.01 Å². The van der Waals surface area contributed by atoms with E-state index in [4.69, 9.17) is 28.2 Å². The van der Waals surface area contributed by atoms with Crippen molar-refractivity contribution < 1.29 is 18.0 Å². The smallest absolute Gasteiger partial charge is 0.362 e. The third-order valence-electron chi connectivity index (χ3n) is 8.67. The van der Waals surface area contributed by atoms with E-state index in [1.807, 2.05) is 13.8 Å². The number of carbonyl (C=O) groups is 1.